The van der Waals surface area contributed by atoms with Gasteiger partial charge in [-0.3, -0.25) is 28.2 Å². The number of H-pyrrole nitrogens is 1. The number of aliphatic hydroxyl groups is 5. The molecular weight excluding hydrogens is 580 g/mol. The maximum Gasteiger partial charge on any atom is 0.483 e. The van der Waals surface area contributed by atoms with Crippen LogP contribution in [0.2, 0.25) is 0 Å². The molecule has 0 spiro atoms. The van der Waals surface area contributed by atoms with E-state index in [0.29, 0.717) is 0 Å². The Balaban J connectivity index is 1.61. The summed E-state index contributed by atoms with van der Waals surface area (Å²) >= 11 is 0. The Kier molecular flexibility index (Phi) is 10.0. The largest absolute Gasteiger partial charge is 0.483 e. The Morgan fingerprint density at radius 2 is 1.64 bits per heavy atom. The minimum atomic E-state index is -5.63. The van der Waals surface area contributed by atoms with E-state index in [0.717, 1.165) is 23.8 Å². The fraction of sp³-hybridized carbons (Fsp3) is 0.706. The van der Waals surface area contributed by atoms with Crippen LogP contribution in [0.5, 0.6) is 0 Å². The predicted octanol–water partition coefficient (Wildman–Crippen LogP) is -4.65. The van der Waals surface area contributed by atoms with Crippen molar-refractivity contribution >= 4 is 21.6 Å². The van der Waals surface area contributed by atoms with E-state index in [1.54, 1.807) is 0 Å². The van der Waals surface area contributed by atoms with Gasteiger partial charge in [0.25, 0.3) is 5.56 Å². The quantitative estimate of drug-likeness (QED) is 0.113. The Morgan fingerprint density at radius 3 is 2.26 bits per heavy atom. The summed E-state index contributed by atoms with van der Waals surface area (Å²) < 4.78 is 48.8. The van der Waals surface area contributed by atoms with Gasteiger partial charge in [-0.25, -0.2) is 13.9 Å². The van der Waals surface area contributed by atoms with Gasteiger partial charge in [0.1, 0.15) is 42.7 Å². The first kappa shape index (κ1) is 31.7. The van der Waals surface area contributed by atoms with Crippen molar-refractivity contribution in [3.8, 4) is 0 Å². The summed E-state index contributed by atoms with van der Waals surface area (Å²) in [6.45, 7) is -0.323. The molecule has 1 aromatic rings. The number of nitrogens with one attached hydrogen (secondary N) is 2. The van der Waals surface area contributed by atoms with Gasteiger partial charge in [-0.15, -0.1) is 0 Å². The van der Waals surface area contributed by atoms with Crippen LogP contribution < -0.4 is 16.6 Å². The van der Waals surface area contributed by atoms with E-state index < -0.39 is 101 Å². The van der Waals surface area contributed by atoms with Crippen LogP contribution in [0.4, 0.5) is 0 Å². The molecule has 2 fully saturated rings. The van der Waals surface area contributed by atoms with Gasteiger partial charge in [-0.05, 0) is 0 Å². The van der Waals surface area contributed by atoms with Crippen molar-refractivity contribution in [1.29, 1.82) is 0 Å². The summed E-state index contributed by atoms with van der Waals surface area (Å²) in [6.07, 6.45) is -15.3. The molecule has 3 rings (SSSR count). The van der Waals surface area contributed by atoms with Gasteiger partial charge in [-0.2, -0.15) is 4.31 Å². The van der Waals surface area contributed by atoms with Crippen LogP contribution in [0.25, 0.3) is 0 Å². The van der Waals surface area contributed by atoms with Crippen LogP contribution >= 0.6 is 15.6 Å². The molecule has 0 aliphatic carbocycles. The molecule has 39 heavy (non-hydrogen) atoms. The zero-order valence-electron chi connectivity index (χ0n) is 19.8. The minimum absolute atomic E-state index is 0.417. The van der Waals surface area contributed by atoms with Crippen LogP contribution in [-0.2, 0) is 36.8 Å². The first-order valence-electron chi connectivity index (χ1n) is 11.0. The average Bonchev–Trinajstić information content (AvgIpc) is 3.10. The number of carbonyl (C=O) groups excluding carboxylic acids is 1. The summed E-state index contributed by atoms with van der Waals surface area (Å²) in [5.74, 6) is -0.556. The number of aliphatic hydroxyl groups excluding tert-OH is 5. The highest BCUT2D eigenvalue weighted by molar-refractivity contribution is 7.61. The van der Waals surface area contributed by atoms with Crippen LogP contribution in [0.1, 0.15) is 13.2 Å². The van der Waals surface area contributed by atoms with E-state index in [4.69, 9.17) is 9.47 Å². The SMILES string of the molecule is CC(=O)NCC1OC(OP(=O)(O)OP(=O)(O)OC[C@H]2O[C@@H](n3ccc(=O)[nH]c3=O)[C@H](O)[C@@H]2O)C(O)C(O)C1O. The molecule has 1 aromatic heterocycles. The molecule has 222 valence electrons. The second kappa shape index (κ2) is 12.3. The normalized spacial score (nSPS) is 36.2. The third-order valence-electron chi connectivity index (χ3n) is 5.53. The fourth-order valence-electron chi connectivity index (χ4n) is 3.61. The molecule has 7 unspecified atom stereocenters. The van der Waals surface area contributed by atoms with Crippen LogP contribution in [0.15, 0.2) is 21.9 Å². The van der Waals surface area contributed by atoms with Crippen molar-refractivity contribution in [3.63, 3.8) is 0 Å². The van der Waals surface area contributed by atoms with Crippen molar-refractivity contribution in [1.82, 2.24) is 14.9 Å². The molecule has 2 saturated heterocycles. The number of ether oxygens (including phenoxy) is 2. The van der Waals surface area contributed by atoms with Crippen LogP contribution in [-0.4, -0.2) is 113 Å². The van der Waals surface area contributed by atoms with Gasteiger partial charge >= 0.3 is 21.3 Å². The molecule has 0 saturated carbocycles. The van der Waals surface area contributed by atoms with E-state index in [2.05, 4.69) is 18.7 Å². The minimum Gasteiger partial charge on any atom is -0.388 e. The molecule has 22 heteroatoms. The van der Waals surface area contributed by atoms with E-state index in [1.807, 2.05) is 4.98 Å². The molecule has 20 nitrogen and oxygen atoms in total. The lowest BCUT2D eigenvalue weighted by Gasteiger charge is -2.40. The van der Waals surface area contributed by atoms with Gasteiger partial charge in [0.2, 0.25) is 5.91 Å². The van der Waals surface area contributed by atoms with Gasteiger partial charge in [-0.1, -0.05) is 0 Å². The molecule has 11 atom stereocenters. The maximum atomic E-state index is 12.3. The lowest BCUT2D eigenvalue weighted by atomic mass is 9.99. The Bertz CT molecular complexity index is 1240. The molecular formula is C17H27N3O17P2. The zero-order chi connectivity index (χ0) is 29.3. The van der Waals surface area contributed by atoms with Crippen molar-refractivity contribution < 1.29 is 72.1 Å². The number of aromatic nitrogens is 2. The number of hydrogen-bond acceptors (Lipinski definition) is 15. The third kappa shape index (κ3) is 7.87. The van der Waals surface area contributed by atoms with Crippen LogP contribution in [0, 0.1) is 0 Å². The molecule has 0 bridgehead atoms. The fourth-order valence-corrected chi connectivity index (χ4v) is 5.77. The smallest absolute Gasteiger partial charge is 0.388 e. The van der Waals surface area contributed by atoms with Crippen molar-refractivity contribution in [3.05, 3.63) is 33.1 Å². The highest BCUT2D eigenvalue weighted by Crippen LogP contribution is 2.61. The summed E-state index contributed by atoms with van der Waals surface area (Å²) in [5, 5.41) is 52.5. The van der Waals surface area contributed by atoms with Gasteiger partial charge in [0, 0.05) is 25.7 Å². The molecule has 3 heterocycles. The van der Waals surface area contributed by atoms with Crippen molar-refractivity contribution in [2.75, 3.05) is 13.2 Å². The second-order valence-electron chi connectivity index (χ2n) is 8.44. The monoisotopic (exact) mass is 607 g/mol. The number of nitrogens with zero attached hydrogens (tertiary/aromatic N) is 1. The summed E-state index contributed by atoms with van der Waals surface area (Å²) in [6, 6.07) is 0.928. The first-order chi connectivity index (χ1) is 18.0. The standard InChI is InChI=1S/C17H27N3O17P2/c1-6(21)18-4-7-10(23)12(25)14(27)16(35-7)36-39(31,32)37-38(29,30)33-5-8-11(24)13(26)15(34-8)20-3-2-9(22)19-17(20)28/h2-3,7-8,10-16,23-27H,4-5H2,1H3,(H,18,21)(H,29,30)(H,31,32)(H,19,22,28)/t7?,8-,10?,11-,12?,13-,14?,15-,16?/m1/s1. The van der Waals surface area contributed by atoms with Crippen molar-refractivity contribution in [2.45, 2.75) is 62.2 Å². The highest BCUT2D eigenvalue weighted by atomic mass is 31.3. The Labute approximate surface area is 217 Å². The Morgan fingerprint density at radius 1 is 1.00 bits per heavy atom. The number of phosphoric acid groups is 2. The van der Waals surface area contributed by atoms with Crippen molar-refractivity contribution in [2.24, 2.45) is 0 Å². The highest BCUT2D eigenvalue weighted by Gasteiger charge is 2.49. The topological polar surface area (TPSA) is 306 Å². The second-order valence-corrected chi connectivity index (χ2v) is 11.4. The molecule has 1 amide bonds. The molecule has 9 N–H and O–H groups in total. The summed E-state index contributed by atoms with van der Waals surface area (Å²) in [5.41, 5.74) is -1.75. The van der Waals surface area contributed by atoms with E-state index in [9.17, 15) is 58.8 Å². The van der Waals surface area contributed by atoms with Gasteiger partial charge in [0.15, 0.2) is 12.5 Å². The number of rotatable bonds is 10. The van der Waals surface area contributed by atoms with Crippen LogP contribution in [0.3, 0.4) is 0 Å². The van der Waals surface area contributed by atoms with E-state index in [1.165, 1.54) is 0 Å². The number of phosphoric ester groups is 2. The summed E-state index contributed by atoms with van der Waals surface area (Å²) in [7, 11) is -11.1. The number of amides is 1. The number of aromatic amines is 1. The number of hydrogen-bond donors (Lipinski definition) is 9. The zero-order valence-corrected chi connectivity index (χ0v) is 21.6. The maximum absolute atomic E-state index is 12.3. The lowest BCUT2D eigenvalue weighted by Crippen LogP contribution is -2.60. The van der Waals surface area contributed by atoms with E-state index >= 15 is 0 Å². The number of carbonyl (C=O) groups is 1. The predicted molar refractivity (Wildman–Crippen MR) is 120 cm³/mol. The summed E-state index contributed by atoms with van der Waals surface area (Å²) in [4.78, 5) is 55.9. The van der Waals surface area contributed by atoms with E-state index in [-0.39, 0.29) is 0 Å². The lowest BCUT2D eigenvalue weighted by molar-refractivity contribution is -0.273. The molecule has 0 aromatic carbocycles. The Hall–Kier alpha value is -1.87. The average molecular weight is 607 g/mol. The third-order valence-corrected chi connectivity index (χ3v) is 8.13. The van der Waals surface area contributed by atoms with Gasteiger partial charge in [0.05, 0.1) is 6.61 Å². The first-order valence-corrected chi connectivity index (χ1v) is 14.0. The molecule has 0 radical (unpaired) electrons. The molecule has 2 aliphatic rings. The van der Waals surface area contributed by atoms with Gasteiger partial charge < -0.3 is 50.1 Å². The molecule has 2 aliphatic heterocycles.